The van der Waals surface area contributed by atoms with Gasteiger partial charge in [0.05, 0.1) is 22.2 Å². The number of urea groups is 1. The van der Waals surface area contributed by atoms with Gasteiger partial charge >= 0.3 is 6.03 Å². The van der Waals surface area contributed by atoms with Crippen molar-refractivity contribution in [3.8, 4) is 5.75 Å². The number of non-ortho nitro benzene ring substituents is 1. The van der Waals surface area contributed by atoms with Crippen LogP contribution in [0.25, 0.3) is 6.08 Å². The molecular weight excluding hydrogens is 514 g/mol. The minimum atomic E-state index is -1.000. The highest BCUT2D eigenvalue weighted by molar-refractivity contribution is 9.11. The number of amides is 4. The van der Waals surface area contributed by atoms with Gasteiger partial charge in [-0.05, 0) is 40.2 Å². The molecule has 3 rings (SSSR count). The van der Waals surface area contributed by atoms with Crippen LogP contribution in [0.1, 0.15) is 5.56 Å². The molecule has 29 heavy (non-hydrogen) atoms. The number of carbonyl (C=O) groups is 3. The molecule has 1 saturated heterocycles. The topological polar surface area (TPSA) is 119 Å². The lowest BCUT2D eigenvalue weighted by Crippen LogP contribution is -2.54. The van der Waals surface area contributed by atoms with Gasteiger partial charge in [0.25, 0.3) is 17.5 Å². The van der Waals surface area contributed by atoms with E-state index in [9.17, 15) is 24.5 Å². The Kier molecular flexibility index (Phi) is 5.80. The van der Waals surface area contributed by atoms with Crippen molar-refractivity contribution in [1.82, 2.24) is 5.32 Å². The van der Waals surface area contributed by atoms with Crippen LogP contribution in [0.2, 0.25) is 0 Å². The van der Waals surface area contributed by atoms with Gasteiger partial charge < -0.3 is 4.74 Å². The maximum atomic E-state index is 12.9. The standard InChI is InChI=1S/C18H11Br2N3O6/c1-29-15-9(5-10(19)7-14(15)20)6-13-16(24)21-18(26)22(17(13)25)11-3-2-4-12(8-11)23(27)28/h2-8H,1H3,(H,21,24,26)/b13-6+. The van der Waals surface area contributed by atoms with Crippen LogP contribution in [0.3, 0.4) is 0 Å². The van der Waals surface area contributed by atoms with Gasteiger partial charge in [0.2, 0.25) is 0 Å². The zero-order valence-electron chi connectivity index (χ0n) is 14.6. The predicted octanol–water partition coefficient (Wildman–Crippen LogP) is 3.79. The first kappa shape index (κ1) is 20.7. The number of nitro benzene ring substituents is 1. The molecule has 2 aromatic rings. The monoisotopic (exact) mass is 523 g/mol. The highest BCUT2D eigenvalue weighted by Gasteiger charge is 2.37. The van der Waals surface area contributed by atoms with Gasteiger partial charge in [-0.3, -0.25) is 25.0 Å². The molecule has 0 saturated carbocycles. The Hall–Kier alpha value is -3.05. The van der Waals surface area contributed by atoms with E-state index in [4.69, 9.17) is 4.74 Å². The minimum Gasteiger partial charge on any atom is -0.495 e. The van der Waals surface area contributed by atoms with Crippen molar-refractivity contribution in [2.45, 2.75) is 0 Å². The molecule has 1 heterocycles. The SMILES string of the molecule is COc1c(Br)cc(Br)cc1/C=C1\C(=O)NC(=O)N(c2cccc([N+](=O)[O-])c2)C1=O. The highest BCUT2D eigenvalue weighted by atomic mass is 79.9. The van der Waals surface area contributed by atoms with E-state index < -0.39 is 22.8 Å². The largest absolute Gasteiger partial charge is 0.495 e. The number of carbonyl (C=O) groups excluding carboxylic acids is 3. The summed E-state index contributed by atoms with van der Waals surface area (Å²) in [6.07, 6.45) is 1.28. The fourth-order valence-corrected chi connectivity index (χ4v) is 4.12. The summed E-state index contributed by atoms with van der Waals surface area (Å²) in [4.78, 5) is 48.5. The number of hydrogen-bond acceptors (Lipinski definition) is 6. The van der Waals surface area contributed by atoms with Crippen LogP contribution < -0.4 is 15.0 Å². The van der Waals surface area contributed by atoms with Gasteiger partial charge in [0, 0.05) is 22.2 Å². The number of imide groups is 2. The van der Waals surface area contributed by atoms with E-state index in [1.807, 2.05) is 0 Å². The summed E-state index contributed by atoms with van der Waals surface area (Å²) in [6, 6.07) is 7.34. The molecule has 0 aliphatic carbocycles. The van der Waals surface area contributed by atoms with Crippen LogP contribution in [0.4, 0.5) is 16.2 Å². The number of nitrogens with one attached hydrogen (secondary N) is 1. The number of halogens is 2. The molecule has 0 spiro atoms. The molecule has 1 fully saturated rings. The average molecular weight is 525 g/mol. The van der Waals surface area contributed by atoms with Gasteiger partial charge in [-0.2, -0.15) is 0 Å². The third-order valence-electron chi connectivity index (χ3n) is 3.94. The van der Waals surface area contributed by atoms with Crippen LogP contribution in [0.15, 0.2) is 50.9 Å². The van der Waals surface area contributed by atoms with Crippen LogP contribution in [0, 0.1) is 10.1 Å². The number of rotatable bonds is 4. The molecule has 0 aromatic heterocycles. The van der Waals surface area contributed by atoms with E-state index in [1.54, 1.807) is 12.1 Å². The molecule has 0 atom stereocenters. The van der Waals surface area contributed by atoms with E-state index in [2.05, 4.69) is 37.2 Å². The number of anilines is 1. The zero-order chi connectivity index (χ0) is 21.3. The third kappa shape index (κ3) is 4.05. The van der Waals surface area contributed by atoms with Crippen molar-refractivity contribution < 1.29 is 24.0 Å². The van der Waals surface area contributed by atoms with Gasteiger partial charge in [0.15, 0.2) is 0 Å². The van der Waals surface area contributed by atoms with E-state index in [0.29, 0.717) is 25.2 Å². The highest BCUT2D eigenvalue weighted by Crippen LogP contribution is 2.35. The number of ether oxygens (including phenoxy) is 1. The first-order valence-electron chi connectivity index (χ1n) is 7.92. The second kappa shape index (κ2) is 8.13. The van der Waals surface area contributed by atoms with Gasteiger partial charge in [-0.1, -0.05) is 22.0 Å². The number of hydrogen-bond donors (Lipinski definition) is 1. The number of nitrogens with zero attached hydrogens (tertiary/aromatic N) is 2. The Morgan fingerprint density at radius 2 is 1.90 bits per heavy atom. The average Bonchev–Trinajstić information content (AvgIpc) is 2.65. The maximum Gasteiger partial charge on any atom is 0.335 e. The molecule has 1 N–H and O–H groups in total. The molecule has 9 nitrogen and oxygen atoms in total. The summed E-state index contributed by atoms with van der Waals surface area (Å²) in [5, 5.41) is 13.1. The van der Waals surface area contributed by atoms with E-state index >= 15 is 0 Å². The summed E-state index contributed by atoms with van der Waals surface area (Å²) in [7, 11) is 1.43. The fraction of sp³-hybridized carbons (Fsp3) is 0.0556. The van der Waals surface area contributed by atoms with E-state index in [0.717, 1.165) is 6.07 Å². The molecule has 148 valence electrons. The third-order valence-corrected chi connectivity index (χ3v) is 4.99. The van der Waals surface area contributed by atoms with Crippen molar-refractivity contribution >= 4 is 67.2 Å². The van der Waals surface area contributed by atoms with Gasteiger partial charge in [0.1, 0.15) is 11.3 Å². The summed E-state index contributed by atoms with van der Waals surface area (Å²) >= 11 is 6.66. The normalized spacial score (nSPS) is 15.5. The molecule has 2 aromatic carbocycles. The number of barbiturate groups is 1. The number of benzene rings is 2. The molecule has 1 aliphatic heterocycles. The number of nitro groups is 1. The van der Waals surface area contributed by atoms with Crippen molar-refractivity contribution in [3.05, 3.63) is 66.6 Å². The maximum absolute atomic E-state index is 12.9. The fourth-order valence-electron chi connectivity index (χ4n) is 2.70. The van der Waals surface area contributed by atoms with E-state index in [-0.39, 0.29) is 16.9 Å². The van der Waals surface area contributed by atoms with Gasteiger partial charge in [-0.15, -0.1) is 0 Å². The lowest BCUT2D eigenvalue weighted by Gasteiger charge is -2.26. The van der Waals surface area contributed by atoms with Crippen LogP contribution >= 0.6 is 31.9 Å². The molecule has 1 aliphatic rings. The minimum absolute atomic E-state index is 0.0394. The van der Waals surface area contributed by atoms with Crippen molar-refractivity contribution in [1.29, 1.82) is 0 Å². The van der Waals surface area contributed by atoms with Crippen LogP contribution in [-0.4, -0.2) is 29.9 Å². The Morgan fingerprint density at radius 1 is 1.17 bits per heavy atom. The molecule has 4 amide bonds. The Morgan fingerprint density at radius 3 is 2.55 bits per heavy atom. The molecular formula is C18H11Br2N3O6. The lowest BCUT2D eigenvalue weighted by molar-refractivity contribution is -0.384. The van der Waals surface area contributed by atoms with E-state index in [1.165, 1.54) is 31.4 Å². The van der Waals surface area contributed by atoms with Crippen LogP contribution in [-0.2, 0) is 9.59 Å². The first-order valence-corrected chi connectivity index (χ1v) is 9.50. The molecule has 11 heteroatoms. The first-order chi connectivity index (χ1) is 13.7. The second-order valence-corrected chi connectivity index (χ2v) is 7.51. The smallest absolute Gasteiger partial charge is 0.335 e. The van der Waals surface area contributed by atoms with Gasteiger partial charge in [-0.25, -0.2) is 9.69 Å². The van der Waals surface area contributed by atoms with Crippen molar-refractivity contribution in [2.24, 2.45) is 0 Å². The summed E-state index contributed by atoms with van der Waals surface area (Å²) in [5.41, 5.74) is -0.273. The lowest BCUT2D eigenvalue weighted by atomic mass is 10.1. The van der Waals surface area contributed by atoms with Crippen molar-refractivity contribution in [3.63, 3.8) is 0 Å². The Labute approximate surface area is 180 Å². The number of methoxy groups -OCH3 is 1. The van der Waals surface area contributed by atoms with Crippen molar-refractivity contribution in [2.75, 3.05) is 12.0 Å². The molecule has 0 radical (unpaired) electrons. The second-order valence-electron chi connectivity index (χ2n) is 5.74. The Bertz CT molecular complexity index is 1100. The zero-order valence-corrected chi connectivity index (χ0v) is 17.8. The molecule has 0 bridgehead atoms. The summed E-state index contributed by atoms with van der Waals surface area (Å²) in [5.74, 6) is -1.43. The Balaban J connectivity index is 2.10. The molecule has 0 unspecified atom stereocenters. The quantitative estimate of drug-likeness (QED) is 0.281. The van der Waals surface area contributed by atoms with Crippen LogP contribution in [0.5, 0.6) is 5.75 Å². The predicted molar refractivity (Wildman–Crippen MR) is 110 cm³/mol. The summed E-state index contributed by atoms with van der Waals surface area (Å²) in [6.45, 7) is 0. The summed E-state index contributed by atoms with van der Waals surface area (Å²) < 4.78 is 6.55.